The fourth-order valence-corrected chi connectivity index (χ4v) is 5.77. The summed E-state index contributed by atoms with van der Waals surface area (Å²) in [5.41, 5.74) is 2.05. The van der Waals surface area contributed by atoms with Crippen LogP contribution in [0.5, 0.6) is 0 Å². The van der Waals surface area contributed by atoms with Crippen LogP contribution in [0.2, 0.25) is 0 Å². The van der Waals surface area contributed by atoms with E-state index < -0.39 is 12.2 Å². The third kappa shape index (κ3) is 5.47. The van der Waals surface area contributed by atoms with Crippen LogP contribution in [0.4, 0.5) is 4.79 Å². The maximum atomic E-state index is 13.9. The van der Waals surface area contributed by atoms with Gasteiger partial charge in [-0.05, 0) is 28.3 Å². The second-order valence-corrected chi connectivity index (χ2v) is 10.3. The number of benzene rings is 3. The lowest BCUT2D eigenvalue weighted by atomic mass is 9.99. The van der Waals surface area contributed by atoms with Crippen LogP contribution >= 0.6 is 0 Å². The predicted molar refractivity (Wildman–Crippen MR) is 151 cm³/mol. The van der Waals surface area contributed by atoms with Gasteiger partial charge in [-0.1, -0.05) is 99.5 Å². The van der Waals surface area contributed by atoms with Crippen molar-refractivity contribution in [2.75, 3.05) is 19.6 Å². The van der Waals surface area contributed by atoms with Crippen LogP contribution in [-0.2, 0) is 22.7 Å². The molecule has 0 aromatic heterocycles. The van der Waals surface area contributed by atoms with Gasteiger partial charge in [0.1, 0.15) is 12.2 Å². The highest BCUT2D eigenvalue weighted by atomic mass is 16.2. The first kappa shape index (κ1) is 26.7. The molecule has 8 heteroatoms. The van der Waals surface area contributed by atoms with Crippen LogP contribution in [0.1, 0.15) is 44.2 Å². The molecule has 2 saturated heterocycles. The van der Waals surface area contributed by atoms with E-state index in [0.29, 0.717) is 26.1 Å². The third-order valence-corrected chi connectivity index (χ3v) is 7.76. The first-order chi connectivity index (χ1) is 19.0. The van der Waals surface area contributed by atoms with Crippen molar-refractivity contribution in [3.63, 3.8) is 0 Å². The first-order valence-corrected chi connectivity index (χ1v) is 13.9. The fourth-order valence-electron chi connectivity index (χ4n) is 5.77. The Balaban J connectivity index is 1.46. The standard InChI is InChI=1S/C31H37N5O3/c1-3-5-18-27-30(38)33(20-25-16-11-15-24-14-9-10-17-26(24)25)21-28-35(27)29(37)22-34(4-2)36(28)31(39)32-19-23-12-7-6-8-13-23/h6-17,27-28H,3-5,18-22H2,1-2H3,(H,32,39)/t27-,28-/m0/s1. The summed E-state index contributed by atoms with van der Waals surface area (Å²) in [4.78, 5) is 44.6. The van der Waals surface area contributed by atoms with Crippen molar-refractivity contribution in [2.45, 2.75) is 58.4 Å². The van der Waals surface area contributed by atoms with Crippen molar-refractivity contribution < 1.29 is 14.4 Å². The van der Waals surface area contributed by atoms with E-state index in [1.54, 1.807) is 14.9 Å². The summed E-state index contributed by atoms with van der Waals surface area (Å²) < 4.78 is 0. The molecule has 0 unspecified atom stereocenters. The van der Waals surface area contributed by atoms with E-state index in [-0.39, 0.29) is 30.9 Å². The number of piperazine rings is 1. The molecule has 0 spiro atoms. The molecule has 0 saturated carbocycles. The maximum Gasteiger partial charge on any atom is 0.334 e. The summed E-state index contributed by atoms with van der Waals surface area (Å²) in [6.45, 7) is 5.66. The van der Waals surface area contributed by atoms with Crippen molar-refractivity contribution in [2.24, 2.45) is 0 Å². The van der Waals surface area contributed by atoms with Crippen LogP contribution < -0.4 is 5.32 Å². The molecule has 0 radical (unpaired) electrons. The lowest BCUT2D eigenvalue weighted by Crippen LogP contribution is -2.76. The number of hydrogen-bond donors (Lipinski definition) is 1. The summed E-state index contributed by atoms with van der Waals surface area (Å²) in [5.74, 6) is -0.149. The van der Waals surface area contributed by atoms with E-state index in [9.17, 15) is 14.4 Å². The van der Waals surface area contributed by atoms with Gasteiger partial charge in [0.05, 0.1) is 13.1 Å². The van der Waals surface area contributed by atoms with Crippen molar-refractivity contribution in [1.82, 2.24) is 25.1 Å². The number of carbonyl (C=O) groups excluding carboxylic acids is 3. The lowest BCUT2D eigenvalue weighted by molar-refractivity contribution is -0.190. The number of unbranched alkanes of at least 4 members (excludes halogenated alkanes) is 1. The monoisotopic (exact) mass is 527 g/mol. The molecular formula is C31H37N5O3. The van der Waals surface area contributed by atoms with Gasteiger partial charge in [0, 0.05) is 19.6 Å². The molecule has 2 heterocycles. The van der Waals surface area contributed by atoms with Crippen molar-refractivity contribution >= 4 is 28.6 Å². The number of fused-ring (bicyclic) bond motifs is 2. The molecule has 204 valence electrons. The molecule has 4 amide bonds. The highest BCUT2D eigenvalue weighted by Gasteiger charge is 2.50. The predicted octanol–water partition coefficient (Wildman–Crippen LogP) is 4.36. The van der Waals surface area contributed by atoms with Gasteiger partial charge in [-0.2, -0.15) is 0 Å². The Morgan fingerprint density at radius 2 is 1.69 bits per heavy atom. The van der Waals surface area contributed by atoms with Crippen molar-refractivity contribution in [3.05, 3.63) is 83.9 Å². The van der Waals surface area contributed by atoms with Crippen LogP contribution in [0.15, 0.2) is 72.8 Å². The Morgan fingerprint density at radius 1 is 0.949 bits per heavy atom. The number of amides is 4. The smallest absolute Gasteiger partial charge is 0.333 e. The molecule has 8 nitrogen and oxygen atoms in total. The second-order valence-electron chi connectivity index (χ2n) is 10.3. The van der Waals surface area contributed by atoms with Crippen molar-refractivity contribution in [3.8, 4) is 0 Å². The average molecular weight is 528 g/mol. The van der Waals surface area contributed by atoms with Crippen LogP contribution in [-0.4, -0.2) is 69.5 Å². The minimum Gasteiger partial charge on any atom is -0.333 e. The third-order valence-electron chi connectivity index (χ3n) is 7.76. The van der Waals surface area contributed by atoms with Gasteiger partial charge in [-0.15, -0.1) is 0 Å². The largest absolute Gasteiger partial charge is 0.334 e. The molecule has 2 aliphatic rings. The number of carbonyl (C=O) groups is 3. The number of rotatable bonds is 8. The topological polar surface area (TPSA) is 76.2 Å². The molecule has 2 aliphatic heterocycles. The van der Waals surface area contributed by atoms with E-state index in [1.165, 1.54) is 0 Å². The molecule has 0 bridgehead atoms. The van der Waals surface area contributed by atoms with E-state index in [0.717, 1.165) is 34.7 Å². The normalized spacial score (nSPS) is 19.9. The molecular weight excluding hydrogens is 490 g/mol. The Bertz CT molecular complexity index is 1320. The van der Waals surface area contributed by atoms with E-state index in [4.69, 9.17) is 0 Å². The quantitative estimate of drug-likeness (QED) is 0.472. The van der Waals surface area contributed by atoms with Crippen molar-refractivity contribution in [1.29, 1.82) is 0 Å². The molecule has 1 N–H and O–H groups in total. The molecule has 3 aromatic carbocycles. The summed E-state index contributed by atoms with van der Waals surface area (Å²) >= 11 is 0. The Kier molecular flexibility index (Phi) is 8.12. The first-order valence-electron chi connectivity index (χ1n) is 13.9. The lowest BCUT2D eigenvalue weighted by Gasteiger charge is -2.55. The van der Waals surface area contributed by atoms with Gasteiger partial charge in [0.15, 0.2) is 0 Å². The number of nitrogens with zero attached hydrogens (tertiary/aromatic N) is 4. The zero-order valence-electron chi connectivity index (χ0n) is 22.8. The van der Waals surface area contributed by atoms with Gasteiger partial charge in [0.25, 0.3) is 0 Å². The van der Waals surface area contributed by atoms with Crippen LogP contribution in [0.3, 0.4) is 0 Å². The minimum atomic E-state index is -0.588. The van der Waals surface area contributed by atoms with Gasteiger partial charge in [-0.25, -0.2) is 14.8 Å². The zero-order valence-corrected chi connectivity index (χ0v) is 22.8. The van der Waals surface area contributed by atoms with E-state index >= 15 is 0 Å². The van der Waals surface area contributed by atoms with Gasteiger partial charge in [-0.3, -0.25) is 9.59 Å². The second kappa shape index (κ2) is 11.9. The van der Waals surface area contributed by atoms with Crippen LogP contribution in [0.25, 0.3) is 10.8 Å². The zero-order chi connectivity index (χ0) is 27.4. The highest BCUT2D eigenvalue weighted by molar-refractivity contribution is 5.92. The van der Waals surface area contributed by atoms with Gasteiger partial charge >= 0.3 is 6.03 Å². The fraction of sp³-hybridized carbons (Fsp3) is 0.387. The molecule has 2 atom stereocenters. The number of hydrogen-bond acceptors (Lipinski definition) is 4. The number of urea groups is 1. The van der Waals surface area contributed by atoms with E-state index in [1.807, 2.05) is 60.4 Å². The van der Waals surface area contributed by atoms with Gasteiger partial charge < -0.3 is 15.1 Å². The van der Waals surface area contributed by atoms with E-state index in [2.05, 4.69) is 36.5 Å². The SMILES string of the molecule is CCCC[C@H]1C(=O)N(Cc2cccc3ccccc23)C[C@H]2N1C(=O)CN(CC)N2C(=O)NCc1ccccc1. The summed E-state index contributed by atoms with van der Waals surface area (Å²) in [5, 5.41) is 8.74. The summed E-state index contributed by atoms with van der Waals surface area (Å²) in [6, 6.07) is 23.2. The van der Waals surface area contributed by atoms with Crippen LogP contribution in [0, 0.1) is 0 Å². The Hall–Kier alpha value is -3.91. The summed E-state index contributed by atoms with van der Waals surface area (Å²) in [6.07, 6.45) is 1.75. The molecule has 2 fully saturated rings. The molecule has 3 aromatic rings. The molecule has 0 aliphatic carbocycles. The molecule has 5 rings (SSSR count). The maximum absolute atomic E-state index is 13.9. The Morgan fingerprint density at radius 3 is 2.46 bits per heavy atom. The average Bonchev–Trinajstić information content (AvgIpc) is 2.96. The number of nitrogens with one attached hydrogen (secondary N) is 1. The minimum absolute atomic E-state index is 0.0458. The number of likely N-dealkylation sites (N-methyl/N-ethyl adjacent to an activating group) is 1. The number of hydrazine groups is 1. The Labute approximate surface area is 230 Å². The van der Waals surface area contributed by atoms with Gasteiger partial charge in [0.2, 0.25) is 11.8 Å². The summed E-state index contributed by atoms with van der Waals surface area (Å²) in [7, 11) is 0. The molecule has 39 heavy (non-hydrogen) atoms. The highest BCUT2D eigenvalue weighted by Crippen LogP contribution is 2.30.